The van der Waals surface area contributed by atoms with Gasteiger partial charge in [0, 0.05) is 5.02 Å². The summed E-state index contributed by atoms with van der Waals surface area (Å²) >= 11 is 6.08. The van der Waals surface area contributed by atoms with Crippen molar-refractivity contribution in [2.24, 2.45) is 0 Å². The number of hydrogen-bond donors (Lipinski definition) is 1. The molecule has 0 aromatic heterocycles. The van der Waals surface area contributed by atoms with Crippen LogP contribution in [-0.4, -0.2) is 15.0 Å². The Balaban J connectivity index is 2.51. The van der Waals surface area contributed by atoms with Gasteiger partial charge in [-0.05, 0) is 55.2 Å². The fraction of sp³-hybridized carbons (Fsp3) is 0.333. The molecule has 2 aromatic carbocycles. The van der Waals surface area contributed by atoms with Gasteiger partial charge in [0.1, 0.15) is 10.6 Å². The van der Waals surface area contributed by atoms with Crippen LogP contribution in [0.4, 0.5) is 5.69 Å². The van der Waals surface area contributed by atoms with Gasteiger partial charge in [-0.25, -0.2) is 8.42 Å². The molecule has 0 radical (unpaired) electrons. The Kier molecular flexibility index (Phi) is 5.78. The lowest BCUT2D eigenvalue weighted by Gasteiger charge is -2.16. The first-order valence-corrected chi connectivity index (χ1v) is 9.67. The molecule has 2 rings (SSSR count). The molecule has 0 unspecified atom stereocenters. The molecule has 2 aromatic rings. The first-order valence-electron chi connectivity index (χ1n) is 7.81. The van der Waals surface area contributed by atoms with E-state index in [1.54, 1.807) is 37.3 Å². The monoisotopic (exact) mass is 367 g/mol. The smallest absolute Gasteiger partial charge is 0.265 e. The Hall–Kier alpha value is -1.72. The molecule has 0 spiro atoms. The Bertz CT molecular complexity index is 832. The van der Waals surface area contributed by atoms with Crippen molar-refractivity contribution in [3.63, 3.8) is 0 Å². The first-order chi connectivity index (χ1) is 11.3. The second-order valence-electron chi connectivity index (χ2n) is 5.81. The molecule has 0 aliphatic rings. The van der Waals surface area contributed by atoms with E-state index in [0.717, 1.165) is 5.56 Å². The third-order valence-electron chi connectivity index (χ3n) is 3.74. The molecule has 0 bridgehead atoms. The van der Waals surface area contributed by atoms with Crippen molar-refractivity contribution in [1.29, 1.82) is 0 Å². The molecule has 0 saturated carbocycles. The van der Waals surface area contributed by atoms with Gasteiger partial charge in [-0.3, -0.25) is 4.72 Å². The molecule has 0 atom stereocenters. The average molecular weight is 368 g/mol. The maximum Gasteiger partial charge on any atom is 0.265 e. The van der Waals surface area contributed by atoms with E-state index in [1.807, 2.05) is 26.8 Å². The number of benzene rings is 2. The van der Waals surface area contributed by atoms with E-state index in [4.69, 9.17) is 16.3 Å². The van der Waals surface area contributed by atoms with Crippen LogP contribution in [0.2, 0.25) is 5.02 Å². The zero-order valence-electron chi connectivity index (χ0n) is 14.3. The summed E-state index contributed by atoms with van der Waals surface area (Å²) in [6.07, 6.45) is 0. The number of anilines is 1. The number of ether oxygens (including phenoxy) is 1. The van der Waals surface area contributed by atoms with Crippen molar-refractivity contribution in [2.75, 3.05) is 11.3 Å². The number of hydrogen-bond acceptors (Lipinski definition) is 3. The first kappa shape index (κ1) is 18.6. The van der Waals surface area contributed by atoms with Crippen LogP contribution in [0.3, 0.4) is 0 Å². The van der Waals surface area contributed by atoms with Gasteiger partial charge in [0.05, 0.1) is 12.3 Å². The highest BCUT2D eigenvalue weighted by Gasteiger charge is 2.22. The predicted molar refractivity (Wildman–Crippen MR) is 98.7 cm³/mol. The molecule has 0 saturated heterocycles. The van der Waals surface area contributed by atoms with Crippen LogP contribution in [0.15, 0.2) is 41.3 Å². The summed E-state index contributed by atoms with van der Waals surface area (Å²) in [5.74, 6) is 0.552. The van der Waals surface area contributed by atoms with E-state index < -0.39 is 10.0 Å². The highest BCUT2D eigenvalue weighted by molar-refractivity contribution is 7.92. The summed E-state index contributed by atoms with van der Waals surface area (Å²) in [6, 6.07) is 10.4. The summed E-state index contributed by atoms with van der Waals surface area (Å²) in [4.78, 5) is 0.134. The van der Waals surface area contributed by atoms with Gasteiger partial charge in [0.15, 0.2) is 0 Å². The minimum Gasteiger partial charge on any atom is -0.492 e. The van der Waals surface area contributed by atoms with E-state index in [1.165, 1.54) is 0 Å². The Morgan fingerprint density at radius 3 is 2.54 bits per heavy atom. The Morgan fingerprint density at radius 1 is 1.21 bits per heavy atom. The molecule has 1 N–H and O–H groups in total. The highest BCUT2D eigenvalue weighted by atomic mass is 35.5. The summed E-state index contributed by atoms with van der Waals surface area (Å²) in [5.41, 5.74) is 2.07. The van der Waals surface area contributed by atoms with E-state index in [2.05, 4.69) is 4.72 Å². The predicted octanol–water partition coefficient (Wildman–Crippen LogP) is 4.97. The van der Waals surface area contributed by atoms with E-state index in [-0.39, 0.29) is 10.8 Å². The summed E-state index contributed by atoms with van der Waals surface area (Å²) in [6.45, 7) is 8.01. The molecular formula is C18H22ClNO3S. The highest BCUT2D eigenvalue weighted by Crippen LogP contribution is 2.31. The van der Waals surface area contributed by atoms with Crippen LogP contribution in [-0.2, 0) is 10.0 Å². The number of sulfonamides is 1. The normalized spacial score (nSPS) is 11.6. The molecule has 0 amide bonds. The van der Waals surface area contributed by atoms with Crippen molar-refractivity contribution < 1.29 is 13.2 Å². The second-order valence-corrected chi connectivity index (χ2v) is 7.87. The van der Waals surface area contributed by atoms with Crippen molar-refractivity contribution in [2.45, 2.75) is 38.5 Å². The maximum atomic E-state index is 12.9. The van der Waals surface area contributed by atoms with Crippen LogP contribution in [0.25, 0.3) is 0 Å². The standard InChI is InChI=1S/C18H22ClNO3S/c1-5-23-17-10-9-14(12(2)3)11-18(17)24(21,22)20-16-8-6-7-15(19)13(16)4/h6-12,20H,5H2,1-4H3. The van der Waals surface area contributed by atoms with Crippen LogP contribution >= 0.6 is 11.6 Å². The van der Waals surface area contributed by atoms with Gasteiger partial charge < -0.3 is 4.74 Å². The van der Waals surface area contributed by atoms with Gasteiger partial charge in [0.25, 0.3) is 10.0 Å². The second kappa shape index (κ2) is 7.45. The van der Waals surface area contributed by atoms with E-state index >= 15 is 0 Å². The fourth-order valence-corrected chi connectivity index (χ4v) is 3.76. The lowest BCUT2D eigenvalue weighted by atomic mass is 10.0. The van der Waals surface area contributed by atoms with Crippen molar-refractivity contribution in [3.05, 3.63) is 52.5 Å². The lowest BCUT2D eigenvalue weighted by Crippen LogP contribution is -2.16. The zero-order chi connectivity index (χ0) is 17.9. The molecule has 0 aliphatic heterocycles. The van der Waals surface area contributed by atoms with Crippen LogP contribution in [0.5, 0.6) is 5.75 Å². The van der Waals surface area contributed by atoms with Gasteiger partial charge in [0.2, 0.25) is 0 Å². The van der Waals surface area contributed by atoms with Gasteiger partial charge in [-0.1, -0.05) is 37.6 Å². The summed E-state index contributed by atoms with van der Waals surface area (Å²) in [5, 5.41) is 0.510. The summed E-state index contributed by atoms with van der Waals surface area (Å²) in [7, 11) is -3.80. The largest absolute Gasteiger partial charge is 0.492 e. The number of halogens is 1. The SMILES string of the molecule is CCOc1ccc(C(C)C)cc1S(=O)(=O)Nc1cccc(Cl)c1C. The molecule has 0 fully saturated rings. The zero-order valence-corrected chi connectivity index (χ0v) is 15.8. The third-order valence-corrected chi connectivity index (χ3v) is 5.53. The van der Waals surface area contributed by atoms with Gasteiger partial charge in [-0.15, -0.1) is 0 Å². The molecular weight excluding hydrogens is 346 g/mol. The molecule has 130 valence electrons. The number of rotatable bonds is 6. The van der Waals surface area contributed by atoms with E-state index in [9.17, 15) is 8.42 Å². The molecule has 0 aliphatic carbocycles. The van der Waals surface area contributed by atoms with Crippen molar-refractivity contribution in [3.8, 4) is 5.75 Å². The molecule has 0 heterocycles. The molecule has 24 heavy (non-hydrogen) atoms. The summed E-state index contributed by atoms with van der Waals surface area (Å²) < 4.78 is 33.9. The Labute approximate surface area is 148 Å². The van der Waals surface area contributed by atoms with Crippen LogP contribution < -0.4 is 9.46 Å². The lowest BCUT2D eigenvalue weighted by molar-refractivity contribution is 0.331. The van der Waals surface area contributed by atoms with Crippen molar-refractivity contribution in [1.82, 2.24) is 0 Å². The Morgan fingerprint density at radius 2 is 1.92 bits per heavy atom. The van der Waals surface area contributed by atoms with E-state index in [0.29, 0.717) is 28.6 Å². The third kappa shape index (κ3) is 4.02. The van der Waals surface area contributed by atoms with Crippen LogP contribution in [0.1, 0.15) is 37.8 Å². The number of nitrogens with one attached hydrogen (secondary N) is 1. The molecule has 4 nitrogen and oxygen atoms in total. The maximum absolute atomic E-state index is 12.9. The van der Waals surface area contributed by atoms with Gasteiger partial charge in [-0.2, -0.15) is 0 Å². The van der Waals surface area contributed by atoms with Crippen LogP contribution in [0, 0.1) is 6.92 Å². The fourth-order valence-electron chi connectivity index (χ4n) is 2.29. The minimum atomic E-state index is -3.80. The molecule has 6 heteroatoms. The van der Waals surface area contributed by atoms with Gasteiger partial charge >= 0.3 is 0 Å². The minimum absolute atomic E-state index is 0.134. The quantitative estimate of drug-likeness (QED) is 0.784. The average Bonchev–Trinajstić information content (AvgIpc) is 2.52. The topological polar surface area (TPSA) is 55.4 Å². The van der Waals surface area contributed by atoms with Crippen molar-refractivity contribution >= 4 is 27.3 Å².